The summed E-state index contributed by atoms with van der Waals surface area (Å²) in [6.07, 6.45) is 1.73. The molecular weight excluding hydrogens is 418 g/mol. The Bertz CT molecular complexity index is 1230. The second-order valence-electron chi connectivity index (χ2n) is 7.27. The van der Waals surface area contributed by atoms with Gasteiger partial charge >= 0.3 is 0 Å². The molecule has 33 heavy (non-hydrogen) atoms. The highest BCUT2D eigenvalue weighted by atomic mass is 16.5. The molecule has 4 aromatic rings. The first-order chi connectivity index (χ1) is 16.1. The Labute approximate surface area is 192 Å². The number of aromatic nitrogens is 2. The first kappa shape index (κ1) is 22.0. The summed E-state index contributed by atoms with van der Waals surface area (Å²) in [6.45, 7) is 0.374. The number of carbonyl (C=O) groups is 1. The summed E-state index contributed by atoms with van der Waals surface area (Å²) >= 11 is 0. The molecule has 7 heteroatoms. The Morgan fingerprint density at radius 1 is 0.879 bits per heavy atom. The lowest BCUT2D eigenvalue weighted by molar-refractivity contribution is 0.0951. The van der Waals surface area contributed by atoms with Gasteiger partial charge in [0.25, 0.3) is 5.91 Å². The van der Waals surface area contributed by atoms with Gasteiger partial charge in [-0.1, -0.05) is 30.3 Å². The van der Waals surface area contributed by atoms with Gasteiger partial charge in [-0.25, -0.2) is 4.68 Å². The first-order valence-electron chi connectivity index (χ1n) is 10.4. The van der Waals surface area contributed by atoms with Crippen LogP contribution in [0.25, 0.3) is 16.9 Å². The van der Waals surface area contributed by atoms with Gasteiger partial charge in [0.15, 0.2) is 0 Å². The molecule has 7 nitrogen and oxygen atoms in total. The van der Waals surface area contributed by atoms with Crippen molar-refractivity contribution in [2.45, 2.75) is 6.54 Å². The number of nitrogens with zero attached hydrogens (tertiary/aromatic N) is 2. The maximum absolute atomic E-state index is 13.2. The average Bonchev–Trinajstić information content (AvgIpc) is 3.33. The van der Waals surface area contributed by atoms with Crippen molar-refractivity contribution >= 4 is 5.91 Å². The second-order valence-corrected chi connectivity index (χ2v) is 7.27. The summed E-state index contributed by atoms with van der Waals surface area (Å²) in [6, 6.07) is 22.6. The van der Waals surface area contributed by atoms with Crippen molar-refractivity contribution in [1.82, 2.24) is 15.1 Å². The van der Waals surface area contributed by atoms with Crippen molar-refractivity contribution in [3.63, 3.8) is 0 Å². The number of para-hydroxylation sites is 1. The number of hydrogen-bond acceptors (Lipinski definition) is 5. The molecule has 0 aliphatic rings. The minimum atomic E-state index is -0.235. The Hall–Kier alpha value is -4.26. The number of amides is 1. The van der Waals surface area contributed by atoms with E-state index in [2.05, 4.69) is 5.32 Å². The molecule has 0 saturated carbocycles. The van der Waals surface area contributed by atoms with Gasteiger partial charge in [0.05, 0.1) is 32.6 Å². The maximum Gasteiger partial charge on any atom is 0.255 e. The largest absolute Gasteiger partial charge is 0.497 e. The Morgan fingerprint density at radius 3 is 2.24 bits per heavy atom. The highest BCUT2D eigenvalue weighted by molar-refractivity contribution is 6.00. The van der Waals surface area contributed by atoms with Crippen LogP contribution in [0.15, 0.2) is 79.0 Å². The lowest BCUT2D eigenvalue weighted by Gasteiger charge is -2.10. The predicted octanol–water partition coefficient (Wildman–Crippen LogP) is 4.50. The standard InChI is InChI=1S/C26H25N3O4/c1-31-20-11-9-18(10-12-20)16-27-26(30)23-17-29(19-7-5-4-6-8-19)28-25(23)22-14-13-21(32-2)15-24(22)33-3/h4-15,17H,16H2,1-3H3,(H,27,30). The number of ether oxygens (including phenoxy) is 3. The van der Waals surface area contributed by atoms with Gasteiger partial charge in [0, 0.05) is 24.4 Å². The smallest absolute Gasteiger partial charge is 0.255 e. The molecule has 1 aromatic heterocycles. The van der Waals surface area contributed by atoms with E-state index >= 15 is 0 Å². The lowest BCUT2D eigenvalue weighted by Crippen LogP contribution is -2.23. The molecule has 3 aromatic carbocycles. The van der Waals surface area contributed by atoms with E-state index < -0.39 is 0 Å². The zero-order chi connectivity index (χ0) is 23.2. The van der Waals surface area contributed by atoms with Crippen LogP contribution in [0.2, 0.25) is 0 Å². The first-order valence-corrected chi connectivity index (χ1v) is 10.4. The van der Waals surface area contributed by atoms with Gasteiger partial charge in [-0.3, -0.25) is 4.79 Å². The molecule has 0 aliphatic carbocycles. The number of benzene rings is 3. The maximum atomic E-state index is 13.2. The van der Waals surface area contributed by atoms with Crippen LogP contribution >= 0.6 is 0 Å². The van der Waals surface area contributed by atoms with Gasteiger partial charge in [-0.15, -0.1) is 0 Å². The zero-order valence-electron chi connectivity index (χ0n) is 18.7. The Balaban J connectivity index is 1.70. The van der Waals surface area contributed by atoms with E-state index in [4.69, 9.17) is 19.3 Å². The molecule has 0 saturated heterocycles. The number of hydrogen-bond donors (Lipinski definition) is 1. The van der Waals surface area contributed by atoms with Crippen molar-refractivity contribution in [2.75, 3.05) is 21.3 Å². The van der Waals surface area contributed by atoms with Crippen LogP contribution in [0.1, 0.15) is 15.9 Å². The minimum Gasteiger partial charge on any atom is -0.497 e. The quantitative estimate of drug-likeness (QED) is 0.434. The molecular formula is C26H25N3O4. The summed E-state index contributed by atoms with van der Waals surface area (Å²) in [5.41, 5.74) is 3.47. The van der Waals surface area contributed by atoms with Gasteiger partial charge in [-0.2, -0.15) is 5.10 Å². The molecule has 0 atom stereocenters. The topological polar surface area (TPSA) is 74.6 Å². The second kappa shape index (κ2) is 9.91. The molecule has 0 bridgehead atoms. The fraction of sp³-hybridized carbons (Fsp3) is 0.154. The van der Waals surface area contributed by atoms with Crippen molar-refractivity contribution in [2.24, 2.45) is 0 Å². The highest BCUT2D eigenvalue weighted by Crippen LogP contribution is 2.34. The third-order valence-corrected chi connectivity index (χ3v) is 5.26. The average molecular weight is 444 g/mol. The molecule has 1 heterocycles. The minimum absolute atomic E-state index is 0.235. The van der Waals surface area contributed by atoms with E-state index in [9.17, 15) is 4.79 Å². The molecule has 1 amide bonds. The van der Waals surface area contributed by atoms with Gasteiger partial charge < -0.3 is 19.5 Å². The van der Waals surface area contributed by atoms with Crippen LogP contribution in [0.5, 0.6) is 17.2 Å². The monoisotopic (exact) mass is 443 g/mol. The molecule has 168 valence electrons. The molecule has 0 fully saturated rings. The van der Waals surface area contributed by atoms with E-state index in [0.717, 1.165) is 17.0 Å². The van der Waals surface area contributed by atoms with Crippen molar-refractivity contribution in [3.05, 3.63) is 90.1 Å². The molecule has 1 N–H and O–H groups in total. The summed E-state index contributed by atoms with van der Waals surface area (Å²) in [7, 11) is 4.79. The van der Waals surface area contributed by atoms with E-state index in [1.165, 1.54) is 0 Å². The molecule has 0 unspecified atom stereocenters. The van der Waals surface area contributed by atoms with Crippen LogP contribution < -0.4 is 19.5 Å². The Kier molecular flexibility index (Phi) is 6.59. The van der Waals surface area contributed by atoms with Gasteiger partial charge in [0.2, 0.25) is 0 Å². The molecule has 4 rings (SSSR count). The van der Waals surface area contributed by atoms with Crippen LogP contribution in [0.3, 0.4) is 0 Å². The third-order valence-electron chi connectivity index (χ3n) is 5.26. The fourth-order valence-corrected chi connectivity index (χ4v) is 3.47. The summed E-state index contributed by atoms with van der Waals surface area (Å²) in [4.78, 5) is 13.2. The van der Waals surface area contributed by atoms with E-state index in [1.54, 1.807) is 38.3 Å². The lowest BCUT2D eigenvalue weighted by atomic mass is 10.1. The van der Waals surface area contributed by atoms with Crippen molar-refractivity contribution < 1.29 is 19.0 Å². The number of methoxy groups -OCH3 is 3. The van der Waals surface area contributed by atoms with Crippen LogP contribution in [-0.4, -0.2) is 37.0 Å². The van der Waals surface area contributed by atoms with Crippen LogP contribution in [0, 0.1) is 0 Å². The van der Waals surface area contributed by atoms with Crippen molar-refractivity contribution in [3.8, 4) is 34.2 Å². The fourth-order valence-electron chi connectivity index (χ4n) is 3.47. The summed E-state index contributed by atoms with van der Waals surface area (Å²) < 4.78 is 17.8. The molecule has 0 spiro atoms. The number of nitrogens with one attached hydrogen (secondary N) is 1. The van der Waals surface area contributed by atoms with Crippen LogP contribution in [0.4, 0.5) is 0 Å². The van der Waals surface area contributed by atoms with Gasteiger partial charge in [-0.05, 0) is 42.0 Å². The zero-order valence-corrected chi connectivity index (χ0v) is 18.7. The SMILES string of the molecule is COc1ccc(CNC(=O)c2cn(-c3ccccc3)nc2-c2ccc(OC)cc2OC)cc1. The van der Waals surface area contributed by atoms with Crippen molar-refractivity contribution in [1.29, 1.82) is 0 Å². The van der Waals surface area contributed by atoms with E-state index in [1.807, 2.05) is 66.7 Å². The predicted molar refractivity (Wildman–Crippen MR) is 126 cm³/mol. The number of carbonyl (C=O) groups excluding carboxylic acids is 1. The number of rotatable bonds is 8. The van der Waals surface area contributed by atoms with E-state index in [-0.39, 0.29) is 5.91 Å². The summed E-state index contributed by atoms with van der Waals surface area (Å²) in [5, 5.41) is 7.72. The Morgan fingerprint density at radius 2 is 1.58 bits per heavy atom. The summed E-state index contributed by atoms with van der Waals surface area (Å²) in [5.74, 6) is 1.75. The molecule has 0 aliphatic heterocycles. The third kappa shape index (κ3) is 4.82. The van der Waals surface area contributed by atoms with Gasteiger partial charge in [0.1, 0.15) is 22.9 Å². The normalized spacial score (nSPS) is 10.5. The molecule has 0 radical (unpaired) electrons. The van der Waals surface area contributed by atoms with Crippen LogP contribution in [-0.2, 0) is 6.54 Å². The van der Waals surface area contributed by atoms with E-state index in [0.29, 0.717) is 34.9 Å². The highest BCUT2D eigenvalue weighted by Gasteiger charge is 2.21.